The number of alkyl halides is 1. The molecule has 0 aromatic carbocycles. The SMILES string of the molecule is CCOC(=O)CC[C@@H](C(=O)O)N1CC(CBr)CC1=O. The third-order valence-corrected chi connectivity index (χ3v) is 3.96. The van der Waals surface area contributed by atoms with E-state index in [-0.39, 0.29) is 31.3 Å². The van der Waals surface area contributed by atoms with Crippen molar-refractivity contribution < 1.29 is 24.2 Å². The van der Waals surface area contributed by atoms with Crippen LogP contribution in [0.5, 0.6) is 0 Å². The Labute approximate surface area is 120 Å². The van der Waals surface area contributed by atoms with Crippen LogP contribution in [0.3, 0.4) is 0 Å². The topological polar surface area (TPSA) is 83.9 Å². The van der Waals surface area contributed by atoms with Crippen LogP contribution in [0.25, 0.3) is 0 Å². The number of ether oxygens (including phenoxy) is 1. The lowest BCUT2D eigenvalue weighted by molar-refractivity contribution is -0.150. The van der Waals surface area contributed by atoms with Crippen molar-refractivity contribution >= 4 is 33.8 Å². The van der Waals surface area contributed by atoms with Crippen LogP contribution in [0.4, 0.5) is 0 Å². The molecule has 1 heterocycles. The molecule has 0 radical (unpaired) electrons. The molecular weight excluding hydrogens is 318 g/mol. The van der Waals surface area contributed by atoms with E-state index in [2.05, 4.69) is 15.9 Å². The Kier molecular flexibility index (Phi) is 6.27. The van der Waals surface area contributed by atoms with Crippen LogP contribution in [0, 0.1) is 5.92 Å². The molecule has 1 amide bonds. The summed E-state index contributed by atoms with van der Waals surface area (Å²) in [5, 5.41) is 9.86. The van der Waals surface area contributed by atoms with Gasteiger partial charge in [0.25, 0.3) is 0 Å². The zero-order chi connectivity index (χ0) is 14.4. The van der Waals surface area contributed by atoms with Crippen LogP contribution in [0.1, 0.15) is 26.2 Å². The molecule has 1 aliphatic heterocycles. The summed E-state index contributed by atoms with van der Waals surface area (Å²) >= 11 is 3.30. The summed E-state index contributed by atoms with van der Waals surface area (Å²) in [6, 6.07) is -0.944. The van der Waals surface area contributed by atoms with Gasteiger partial charge in [-0.2, -0.15) is 0 Å². The number of rotatable bonds is 7. The van der Waals surface area contributed by atoms with Crippen molar-refractivity contribution in [1.29, 1.82) is 0 Å². The summed E-state index contributed by atoms with van der Waals surface area (Å²) in [6.45, 7) is 2.38. The maximum Gasteiger partial charge on any atom is 0.326 e. The zero-order valence-corrected chi connectivity index (χ0v) is 12.4. The van der Waals surface area contributed by atoms with Gasteiger partial charge in [0.2, 0.25) is 5.91 Å². The fourth-order valence-electron chi connectivity index (χ4n) is 2.11. The number of esters is 1. The highest BCUT2D eigenvalue weighted by Crippen LogP contribution is 2.23. The van der Waals surface area contributed by atoms with Crippen LogP contribution in [-0.4, -0.2) is 52.4 Å². The molecule has 6 nitrogen and oxygen atoms in total. The summed E-state index contributed by atoms with van der Waals surface area (Å²) in [5.74, 6) is -1.54. The molecule has 1 rings (SSSR count). The highest BCUT2D eigenvalue weighted by Gasteiger charge is 2.37. The van der Waals surface area contributed by atoms with Crippen LogP contribution in [0.15, 0.2) is 0 Å². The molecule has 0 spiro atoms. The Hall–Kier alpha value is -1.11. The first-order valence-electron chi connectivity index (χ1n) is 6.23. The number of hydrogen-bond acceptors (Lipinski definition) is 4. The van der Waals surface area contributed by atoms with Crippen molar-refractivity contribution in [2.45, 2.75) is 32.2 Å². The van der Waals surface area contributed by atoms with Crippen molar-refractivity contribution in [1.82, 2.24) is 4.90 Å². The van der Waals surface area contributed by atoms with E-state index >= 15 is 0 Å². The number of likely N-dealkylation sites (tertiary alicyclic amines) is 1. The maximum atomic E-state index is 11.8. The van der Waals surface area contributed by atoms with Crippen LogP contribution in [0.2, 0.25) is 0 Å². The van der Waals surface area contributed by atoms with Crippen LogP contribution < -0.4 is 0 Å². The molecule has 1 N–H and O–H groups in total. The Morgan fingerprint density at radius 2 is 2.26 bits per heavy atom. The number of aliphatic carboxylic acids is 1. The van der Waals surface area contributed by atoms with Crippen molar-refractivity contribution in [2.24, 2.45) is 5.92 Å². The second kappa shape index (κ2) is 7.47. The summed E-state index contributed by atoms with van der Waals surface area (Å²) < 4.78 is 4.76. The molecular formula is C12H18BrNO5. The van der Waals surface area contributed by atoms with E-state index in [9.17, 15) is 19.5 Å². The van der Waals surface area contributed by atoms with Gasteiger partial charge < -0.3 is 14.7 Å². The number of halogens is 1. The number of carboxylic acid groups (broad SMARTS) is 1. The standard InChI is InChI=1S/C12H18BrNO5/c1-2-19-11(16)4-3-9(12(17)18)14-7-8(6-13)5-10(14)15/h8-9H,2-7H2,1H3,(H,17,18)/t8?,9-/m0/s1. The maximum absolute atomic E-state index is 11.8. The molecule has 0 aromatic heterocycles. The van der Waals surface area contributed by atoms with Gasteiger partial charge in [-0.15, -0.1) is 0 Å². The van der Waals surface area contributed by atoms with Gasteiger partial charge in [0, 0.05) is 24.7 Å². The Morgan fingerprint density at radius 1 is 1.58 bits per heavy atom. The summed E-state index contributed by atoms with van der Waals surface area (Å²) in [4.78, 5) is 35.6. The quantitative estimate of drug-likeness (QED) is 0.554. The minimum absolute atomic E-state index is 0.00751. The van der Waals surface area contributed by atoms with E-state index in [0.717, 1.165) is 0 Å². The van der Waals surface area contributed by atoms with Crippen LogP contribution in [-0.2, 0) is 19.1 Å². The first-order chi connectivity index (χ1) is 8.99. The number of carbonyl (C=O) groups is 3. The largest absolute Gasteiger partial charge is 0.480 e. The summed E-state index contributed by atoms with van der Waals surface area (Å²) in [5.41, 5.74) is 0. The molecule has 0 bridgehead atoms. The highest BCUT2D eigenvalue weighted by atomic mass is 79.9. The number of carbonyl (C=O) groups excluding carboxylic acids is 2. The van der Waals surface area contributed by atoms with E-state index in [1.165, 1.54) is 4.90 Å². The third kappa shape index (κ3) is 4.49. The van der Waals surface area contributed by atoms with Gasteiger partial charge >= 0.3 is 11.9 Å². The predicted octanol–water partition coefficient (Wildman–Crippen LogP) is 1.03. The molecule has 7 heteroatoms. The van der Waals surface area contributed by atoms with Crippen molar-refractivity contribution in [3.05, 3.63) is 0 Å². The van der Waals surface area contributed by atoms with E-state index in [1.54, 1.807) is 6.92 Å². The second-order valence-corrected chi connectivity index (χ2v) is 5.12. The molecule has 2 atom stereocenters. The van der Waals surface area contributed by atoms with Gasteiger partial charge in [-0.1, -0.05) is 15.9 Å². The van der Waals surface area contributed by atoms with Crippen molar-refractivity contribution in [2.75, 3.05) is 18.5 Å². The van der Waals surface area contributed by atoms with Gasteiger partial charge in [0.15, 0.2) is 0 Å². The van der Waals surface area contributed by atoms with Gasteiger partial charge in [-0.05, 0) is 19.3 Å². The van der Waals surface area contributed by atoms with E-state index in [1.807, 2.05) is 0 Å². The smallest absolute Gasteiger partial charge is 0.326 e. The predicted molar refractivity (Wildman–Crippen MR) is 70.9 cm³/mol. The van der Waals surface area contributed by atoms with E-state index < -0.39 is 18.0 Å². The van der Waals surface area contributed by atoms with E-state index in [4.69, 9.17) is 4.74 Å². The van der Waals surface area contributed by atoms with Crippen molar-refractivity contribution in [3.63, 3.8) is 0 Å². The monoisotopic (exact) mass is 335 g/mol. The highest BCUT2D eigenvalue weighted by molar-refractivity contribution is 9.09. The summed E-state index contributed by atoms with van der Waals surface area (Å²) in [6.07, 6.45) is 0.455. The average Bonchev–Trinajstić information content (AvgIpc) is 2.71. The Bertz CT molecular complexity index is 360. The first-order valence-corrected chi connectivity index (χ1v) is 7.35. The molecule has 0 aromatic rings. The average molecular weight is 336 g/mol. The normalized spacial score (nSPS) is 20.4. The number of hydrogen-bond donors (Lipinski definition) is 1. The van der Waals surface area contributed by atoms with Crippen molar-refractivity contribution in [3.8, 4) is 0 Å². The second-order valence-electron chi connectivity index (χ2n) is 4.47. The molecule has 1 saturated heterocycles. The van der Waals surface area contributed by atoms with Gasteiger partial charge in [0.05, 0.1) is 6.61 Å². The fraction of sp³-hybridized carbons (Fsp3) is 0.750. The number of nitrogens with zero attached hydrogens (tertiary/aromatic N) is 1. The molecule has 1 fully saturated rings. The minimum Gasteiger partial charge on any atom is -0.480 e. The number of carboxylic acids is 1. The zero-order valence-electron chi connectivity index (χ0n) is 10.8. The Morgan fingerprint density at radius 3 is 2.74 bits per heavy atom. The third-order valence-electron chi connectivity index (χ3n) is 3.05. The molecule has 1 unspecified atom stereocenters. The molecule has 0 aliphatic carbocycles. The molecule has 108 valence electrons. The van der Waals surface area contributed by atoms with Gasteiger partial charge in [-0.3, -0.25) is 9.59 Å². The molecule has 19 heavy (non-hydrogen) atoms. The summed E-state index contributed by atoms with van der Waals surface area (Å²) in [7, 11) is 0. The van der Waals surface area contributed by atoms with Gasteiger partial charge in [-0.25, -0.2) is 4.79 Å². The Balaban J connectivity index is 2.60. The molecule has 1 aliphatic rings. The van der Waals surface area contributed by atoms with Crippen LogP contribution >= 0.6 is 15.9 Å². The molecule has 0 saturated carbocycles. The van der Waals surface area contributed by atoms with E-state index in [0.29, 0.717) is 18.3 Å². The lowest BCUT2D eigenvalue weighted by atomic mass is 10.1. The lowest BCUT2D eigenvalue weighted by Gasteiger charge is -2.24. The number of amides is 1. The first kappa shape index (κ1) is 15.9. The fourth-order valence-corrected chi connectivity index (χ4v) is 2.55. The lowest BCUT2D eigenvalue weighted by Crippen LogP contribution is -2.42. The minimum atomic E-state index is -1.08. The van der Waals surface area contributed by atoms with Gasteiger partial charge in [0.1, 0.15) is 6.04 Å².